The Morgan fingerprint density at radius 1 is 1.54 bits per heavy atom. The van der Waals surface area contributed by atoms with Crippen molar-refractivity contribution >= 4 is 0 Å². The molecule has 1 aliphatic carbocycles. The van der Waals surface area contributed by atoms with Crippen molar-refractivity contribution in [2.24, 2.45) is 5.92 Å². The first-order valence-corrected chi connectivity index (χ1v) is 4.82. The van der Waals surface area contributed by atoms with E-state index < -0.39 is 0 Å². The lowest BCUT2D eigenvalue weighted by molar-refractivity contribution is 0.394. The summed E-state index contributed by atoms with van der Waals surface area (Å²) in [6, 6.07) is 1.96. The smallest absolute Gasteiger partial charge is 0.125 e. The van der Waals surface area contributed by atoms with Gasteiger partial charge in [0.15, 0.2) is 0 Å². The number of aryl methyl sites for hydroxylation is 1. The standard InChI is InChI=1S/C11H15NO/c1-8-3-4-10-9(7-8)11(13-2)5-6-12-10/h5-6,8H,3-4,7H2,1-2H3. The number of hydrogen-bond donors (Lipinski definition) is 0. The average molecular weight is 177 g/mol. The number of nitrogens with zero attached hydrogens (tertiary/aromatic N) is 1. The highest BCUT2D eigenvalue weighted by Crippen LogP contribution is 2.30. The lowest BCUT2D eigenvalue weighted by Crippen LogP contribution is -2.13. The molecular formula is C11H15NO. The van der Waals surface area contributed by atoms with Crippen LogP contribution in [0.1, 0.15) is 24.6 Å². The highest BCUT2D eigenvalue weighted by Gasteiger charge is 2.19. The monoisotopic (exact) mass is 177 g/mol. The molecular weight excluding hydrogens is 162 g/mol. The first-order valence-electron chi connectivity index (χ1n) is 4.82. The summed E-state index contributed by atoms with van der Waals surface area (Å²) in [5.41, 5.74) is 2.56. The van der Waals surface area contributed by atoms with Crippen LogP contribution >= 0.6 is 0 Å². The molecule has 0 amide bonds. The van der Waals surface area contributed by atoms with Gasteiger partial charge in [-0.05, 0) is 31.2 Å². The Balaban J connectivity index is 2.41. The number of aromatic nitrogens is 1. The molecule has 1 aromatic heterocycles. The Morgan fingerprint density at radius 2 is 2.38 bits per heavy atom. The first kappa shape index (κ1) is 8.54. The van der Waals surface area contributed by atoms with Crippen molar-refractivity contribution in [3.63, 3.8) is 0 Å². The SMILES string of the molecule is COc1ccnc2c1CC(C)CC2. The second kappa shape index (κ2) is 3.36. The molecule has 2 nitrogen and oxygen atoms in total. The highest BCUT2D eigenvalue weighted by atomic mass is 16.5. The van der Waals surface area contributed by atoms with E-state index >= 15 is 0 Å². The third kappa shape index (κ3) is 1.53. The Morgan fingerprint density at radius 3 is 3.15 bits per heavy atom. The summed E-state index contributed by atoms with van der Waals surface area (Å²) >= 11 is 0. The van der Waals surface area contributed by atoms with Gasteiger partial charge in [-0.3, -0.25) is 4.98 Å². The predicted octanol–water partition coefficient (Wildman–Crippen LogP) is 2.21. The predicted molar refractivity (Wildman–Crippen MR) is 52.0 cm³/mol. The Labute approximate surface area is 78.9 Å². The van der Waals surface area contributed by atoms with E-state index in [0.717, 1.165) is 24.5 Å². The molecule has 0 fully saturated rings. The fourth-order valence-electron chi connectivity index (χ4n) is 1.97. The largest absolute Gasteiger partial charge is 0.496 e. The van der Waals surface area contributed by atoms with Gasteiger partial charge in [0.25, 0.3) is 0 Å². The number of pyridine rings is 1. The van der Waals surface area contributed by atoms with Gasteiger partial charge >= 0.3 is 0 Å². The zero-order chi connectivity index (χ0) is 9.26. The number of fused-ring (bicyclic) bond motifs is 1. The van der Waals surface area contributed by atoms with E-state index in [1.807, 2.05) is 12.3 Å². The maximum atomic E-state index is 5.32. The van der Waals surface area contributed by atoms with Gasteiger partial charge in [-0.15, -0.1) is 0 Å². The van der Waals surface area contributed by atoms with Crippen molar-refractivity contribution < 1.29 is 4.74 Å². The Bertz CT molecular complexity index is 295. The summed E-state index contributed by atoms with van der Waals surface area (Å²) in [4.78, 5) is 4.38. The fourth-order valence-corrected chi connectivity index (χ4v) is 1.97. The summed E-state index contributed by atoms with van der Waals surface area (Å²) in [5.74, 6) is 1.78. The molecule has 0 N–H and O–H groups in total. The Kier molecular flexibility index (Phi) is 2.21. The zero-order valence-corrected chi connectivity index (χ0v) is 8.21. The van der Waals surface area contributed by atoms with Crippen LogP contribution < -0.4 is 4.74 Å². The van der Waals surface area contributed by atoms with E-state index in [0.29, 0.717) is 0 Å². The summed E-state index contributed by atoms with van der Waals surface area (Å²) < 4.78 is 5.32. The molecule has 1 unspecified atom stereocenters. The van der Waals surface area contributed by atoms with Crippen molar-refractivity contribution in [3.8, 4) is 5.75 Å². The van der Waals surface area contributed by atoms with Crippen LogP contribution in [0.3, 0.4) is 0 Å². The van der Waals surface area contributed by atoms with Crippen LogP contribution in [-0.2, 0) is 12.8 Å². The number of hydrogen-bond acceptors (Lipinski definition) is 2. The molecule has 2 heteroatoms. The van der Waals surface area contributed by atoms with Gasteiger partial charge in [-0.25, -0.2) is 0 Å². The molecule has 1 aliphatic rings. The van der Waals surface area contributed by atoms with Gasteiger partial charge in [-0.2, -0.15) is 0 Å². The molecule has 0 aromatic carbocycles. The van der Waals surface area contributed by atoms with Crippen LogP contribution in [0, 0.1) is 5.92 Å². The molecule has 0 saturated carbocycles. The third-order valence-corrected chi connectivity index (χ3v) is 2.75. The lowest BCUT2D eigenvalue weighted by atomic mass is 9.87. The number of rotatable bonds is 1. The van der Waals surface area contributed by atoms with Crippen LogP contribution in [0.5, 0.6) is 5.75 Å². The van der Waals surface area contributed by atoms with Crippen molar-refractivity contribution in [1.29, 1.82) is 0 Å². The summed E-state index contributed by atoms with van der Waals surface area (Å²) in [6.07, 6.45) is 5.32. The van der Waals surface area contributed by atoms with Gasteiger partial charge < -0.3 is 4.74 Å². The Hall–Kier alpha value is -1.05. The highest BCUT2D eigenvalue weighted by molar-refractivity contribution is 5.37. The van der Waals surface area contributed by atoms with E-state index in [4.69, 9.17) is 4.74 Å². The molecule has 0 aliphatic heterocycles. The third-order valence-electron chi connectivity index (χ3n) is 2.75. The van der Waals surface area contributed by atoms with E-state index in [-0.39, 0.29) is 0 Å². The normalized spacial score (nSPS) is 20.9. The van der Waals surface area contributed by atoms with Gasteiger partial charge in [0.05, 0.1) is 7.11 Å². The minimum absolute atomic E-state index is 0.769. The average Bonchev–Trinajstić information content (AvgIpc) is 2.17. The van der Waals surface area contributed by atoms with Gasteiger partial charge in [-0.1, -0.05) is 6.92 Å². The van der Waals surface area contributed by atoms with Crippen LogP contribution in [0.25, 0.3) is 0 Å². The zero-order valence-electron chi connectivity index (χ0n) is 8.21. The number of methoxy groups -OCH3 is 1. The molecule has 1 aromatic rings. The van der Waals surface area contributed by atoms with Crippen molar-refractivity contribution in [1.82, 2.24) is 4.98 Å². The summed E-state index contributed by atoms with van der Waals surface area (Å²) in [6.45, 7) is 2.29. The fraction of sp³-hybridized carbons (Fsp3) is 0.545. The van der Waals surface area contributed by atoms with Crippen molar-refractivity contribution in [2.75, 3.05) is 7.11 Å². The second-order valence-electron chi connectivity index (χ2n) is 3.79. The topological polar surface area (TPSA) is 22.1 Å². The molecule has 70 valence electrons. The van der Waals surface area contributed by atoms with E-state index in [1.165, 1.54) is 17.7 Å². The van der Waals surface area contributed by atoms with Crippen LogP contribution in [-0.4, -0.2) is 12.1 Å². The van der Waals surface area contributed by atoms with Gasteiger partial charge in [0.1, 0.15) is 5.75 Å². The molecule has 0 saturated heterocycles. The maximum absolute atomic E-state index is 5.32. The molecule has 1 heterocycles. The molecule has 13 heavy (non-hydrogen) atoms. The summed E-state index contributed by atoms with van der Waals surface area (Å²) in [7, 11) is 1.73. The van der Waals surface area contributed by atoms with Crippen molar-refractivity contribution in [2.45, 2.75) is 26.2 Å². The number of ether oxygens (including phenoxy) is 1. The minimum atomic E-state index is 0.769. The van der Waals surface area contributed by atoms with Crippen molar-refractivity contribution in [3.05, 3.63) is 23.5 Å². The quantitative estimate of drug-likeness (QED) is 0.656. The molecule has 0 radical (unpaired) electrons. The van der Waals surface area contributed by atoms with Gasteiger partial charge in [0.2, 0.25) is 0 Å². The van der Waals surface area contributed by atoms with E-state index in [2.05, 4.69) is 11.9 Å². The first-order chi connectivity index (χ1) is 6.31. The van der Waals surface area contributed by atoms with E-state index in [9.17, 15) is 0 Å². The van der Waals surface area contributed by atoms with Gasteiger partial charge in [0, 0.05) is 17.5 Å². The van der Waals surface area contributed by atoms with E-state index in [1.54, 1.807) is 7.11 Å². The maximum Gasteiger partial charge on any atom is 0.125 e. The van der Waals surface area contributed by atoms with Crippen LogP contribution in [0.4, 0.5) is 0 Å². The molecule has 2 rings (SSSR count). The lowest BCUT2D eigenvalue weighted by Gasteiger charge is -2.22. The molecule has 0 spiro atoms. The van der Waals surface area contributed by atoms with Crippen LogP contribution in [0.15, 0.2) is 12.3 Å². The second-order valence-corrected chi connectivity index (χ2v) is 3.79. The summed E-state index contributed by atoms with van der Waals surface area (Å²) in [5, 5.41) is 0. The molecule has 0 bridgehead atoms. The minimum Gasteiger partial charge on any atom is -0.496 e. The van der Waals surface area contributed by atoms with Crippen LogP contribution in [0.2, 0.25) is 0 Å². The molecule has 1 atom stereocenters.